The summed E-state index contributed by atoms with van der Waals surface area (Å²) in [5.41, 5.74) is 7.50. The highest BCUT2D eigenvalue weighted by atomic mass is 32.2. The molecule has 2 rings (SSSR count). The van der Waals surface area contributed by atoms with E-state index in [2.05, 4.69) is 0 Å². The van der Waals surface area contributed by atoms with Gasteiger partial charge in [-0.2, -0.15) is 0 Å². The quantitative estimate of drug-likeness (QED) is 0.889. The molecule has 0 bridgehead atoms. The van der Waals surface area contributed by atoms with Crippen LogP contribution in [0.4, 0.5) is 4.39 Å². The van der Waals surface area contributed by atoms with Gasteiger partial charge in [0, 0.05) is 16.7 Å². The first-order valence-corrected chi connectivity index (χ1v) is 8.80. The van der Waals surface area contributed by atoms with Crippen molar-refractivity contribution < 1.29 is 17.2 Å². The summed E-state index contributed by atoms with van der Waals surface area (Å²) in [4.78, 5) is 0. The SMILES string of the molecule is CCS(=O)(=O)CCCC(N)c1oc2ccc(F)cc2c1C. The van der Waals surface area contributed by atoms with Gasteiger partial charge in [0.1, 0.15) is 27.0 Å². The molecular weight excluding hydrogens is 293 g/mol. The molecule has 4 nitrogen and oxygen atoms in total. The van der Waals surface area contributed by atoms with Crippen LogP contribution in [0, 0.1) is 12.7 Å². The van der Waals surface area contributed by atoms with Crippen molar-refractivity contribution in [2.24, 2.45) is 5.73 Å². The highest BCUT2D eigenvalue weighted by molar-refractivity contribution is 7.91. The molecule has 0 amide bonds. The largest absolute Gasteiger partial charge is 0.459 e. The molecule has 0 aliphatic heterocycles. The second-order valence-electron chi connectivity index (χ2n) is 5.22. The summed E-state index contributed by atoms with van der Waals surface area (Å²) < 4.78 is 41.9. The van der Waals surface area contributed by atoms with Crippen LogP contribution in [-0.2, 0) is 9.84 Å². The number of sulfone groups is 1. The Labute approximate surface area is 124 Å². The lowest BCUT2D eigenvalue weighted by molar-refractivity contribution is 0.470. The third-order valence-corrected chi connectivity index (χ3v) is 5.47. The van der Waals surface area contributed by atoms with Crippen LogP contribution >= 0.6 is 0 Å². The summed E-state index contributed by atoms with van der Waals surface area (Å²) >= 11 is 0. The van der Waals surface area contributed by atoms with Crippen LogP contribution in [0.3, 0.4) is 0 Å². The van der Waals surface area contributed by atoms with Crippen LogP contribution in [0.15, 0.2) is 22.6 Å². The maximum absolute atomic E-state index is 13.3. The molecule has 0 saturated heterocycles. The molecule has 0 radical (unpaired) electrons. The normalized spacial score (nSPS) is 13.7. The zero-order valence-corrected chi connectivity index (χ0v) is 13.0. The molecule has 2 N–H and O–H groups in total. The van der Waals surface area contributed by atoms with E-state index in [1.807, 2.05) is 6.92 Å². The number of benzene rings is 1. The highest BCUT2D eigenvalue weighted by Crippen LogP contribution is 2.30. The van der Waals surface area contributed by atoms with E-state index in [1.54, 1.807) is 13.0 Å². The molecule has 0 spiro atoms. The van der Waals surface area contributed by atoms with Crippen molar-refractivity contribution >= 4 is 20.8 Å². The molecular formula is C15H20FNO3S. The van der Waals surface area contributed by atoms with Gasteiger partial charge in [-0.1, -0.05) is 6.92 Å². The summed E-state index contributed by atoms with van der Waals surface area (Å²) in [6.45, 7) is 3.47. The maximum atomic E-state index is 13.3. The van der Waals surface area contributed by atoms with E-state index >= 15 is 0 Å². The number of hydrogen-bond donors (Lipinski definition) is 1. The van der Waals surface area contributed by atoms with Gasteiger partial charge in [-0.05, 0) is 38.0 Å². The van der Waals surface area contributed by atoms with Gasteiger partial charge in [-0.3, -0.25) is 0 Å². The molecule has 21 heavy (non-hydrogen) atoms. The smallest absolute Gasteiger partial charge is 0.150 e. The van der Waals surface area contributed by atoms with E-state index in [0.717, 1.165) is 5.56 Å². The van der Waals surface area contributed by atoms with Crippen molar-refractivity contribution in [3.8, 4) is 0 Å². The number of furan rings is 1. The maximum Gasteiger partial charge on any atom is 0.150 e. The van der Waals surface area contributed by atoms with E-state index < -0.39 is 9.84 Å². The zero-order chi connectivity index (χ0) is 15.6. The number of aryl methyl sites for hydroxylation is 1. The molecule has 0 aliphatic carbocycles. The van der Waals surface area contributed by atoms with Crippen LogP contribution in [-0.4, -0.2) is 19.9 Å². The van der Waals surface area contributed by atoms with Crippen molar-refractivity contribution in [1.82, 2.24) is 0 Å². The third kappa shape index (κ3) is 3.63. The summed E-state index contributed by atoms with van der Waals surface area (Å²) in [5, 5.41) is 0.710. The van der Waals surface area contributed by atoms with Gasteiger partial charge in [0.15, 0.2) is 0 Å². The fraction of sp³-hybridized carbons (Fsp3) is 0.467. The van der Waals surface area contributed by atoms with E-state index in [1.165, 1.54) is 12.1 Å². The minimum atomic E-state index is -2.97. The molecule has 1 unspecified atom stereocenters. The number of fused-ring (bicyclic) bond motifs is 1. The molecule has 1 heterocycles. The third-order valence-electron chi connectivity index (χ3n) is 3.68. The number of hydrogen-bond acceptors (Lipinski definition) is 4. The average Bonchev–Trinajstić information content (AvgIpc) is 2.76. The average molecular weight is 313 g/mol. The molecule has 116 valence electrons. The van der Waals surface area contributed by atoms with Crippen LogP contribution in [0.25, 0.3) is 11.0 Å². The van der Waals surface area contributed by atoms with Crippen LogP contribution in [0.5, 0.6) is 0 Å². The fourth-order valence-corrected chi connectivity index (χ4v) is 3.26. The Morgan fingerprint density at radius 1 is 1.38 bits per heavy atom. The molecule has 1 aromatic carbocycles. The lowest BCUT2D eigenvalue weighted by Gasteiger charge is -2.09. The Morgan fingerprint density at radius 2 is 2.10 bits per heavy atom. The second-order valence-corrected chi connectivity index (χ2v) is 7.69. The summed E-state index contributed by atoms with van der Waals surface area (Å²) in [6.07, 6.45) is 1.00. The minimum absolute atomic E-state index is 0.130. The number of nitrogens with two attached hydrogens (primary N) is 1. The van der Waals surface area contributed by atoms with E-state index in [9.17, 15) is 12.8 Å². The van der Waals surface area contributed by atoms with Crippen LogP contribution in [0.2, 0.25) is 0 Å². The Hall–Kier alpha value is -1.40. The van der Waals surface area contributed by atoms with E-state index in [-0.39, 0.29) is 23.4 Å². The van der Waals surface area contributed by atoms with Gasteiger partial charge in [0.05, 0.1) is 11.8 Å². The predicted molar refractivity (Wildman–Crippen MR) is 81.4 cm³/mol. The van der Waals surface area contributed by atoms with Gasteiger partial charge < -0.3 is 10.2 Å². The first-order valence-electron chi connectivity index (χ1n) is 6.98. The van der Waals surface area contributed by atoms with E-state index in [0.29, 0.717) is 29.6 Å². The lowest BCUT2D eigenvalue weighted by Crippen LogP contribution is -2.14. The number of rotatable bonds is 6. The van der Waals surface area contributed by atoms with Gasteiger partial charge >= 0.3 is 0 Å². The van der Waals surface area contributed by atoms with Gasteiger partial charge in [0.25, 0.3) is 0 Å². The Bertz CT molecular complexity index is 737. The van der Waals surface area contributed by atoms with Crippen LogP contribution < -0.4 is 5.73 Å². The second kappa shape index (κ2) is 6.15. The van der Waals surface area contributed by atoms with E-state index in [4.69, 9.17) is 10.2 Å². The molecule has 0 fully saturated rings. The van der Waals surface area contributed by atoms with Gasteiger partial charge in [-0.25, -0.2) is 12.8 Å². The number of halogens is 1. The minimum Gasteiger partial charge on any atom is -0.459 e. The summed E-state index contributed by atoms with van der Waals surface area (Å²) in [7, 11) is -2.97. The monoisotopic (exact) mass is 313 g/mol. The molecule has 0 saturated carbocycles. The predicted octanol–water partition coefficient (Wildman–Crippen LogP) is 3.10. The van der Waals surface area contributed by atoms with Crippen molar-refractivity contribution in [3.63, 3.8) is 0 Å². The first-order chi connectivity index (χ1) is 9.84. The molecule has 2 aromatic rings. The Kier molecular flexibility index (Phi) is 4.68. The van der Waals surface area contributed by atoms with Gasteiger partial charge in [0.2, 0.25) is 0 Å². The van der Waals surface area contributed by atoms with Crippen molar-refractivity contribution in [2.75, 3.05) is 11.5 Å². The summed E-state index contributed by atoms with van der Waals surface area (Å²) in [5.74, 6) is 0.557. The van der Waals surface area contributed by atoms with Crippen molar-refractivity contribution in [2.45, 2.75) is 32.7 Å². The van der Waals surface area contributed by atoms with Crippen molar-refractivity contribution in [1.29, 1.82) is 0 Å². The molecule has 0 aliphatic rings. The lowest BCUT2D eigenvalue weighted by atomic mass is 10.1. The highest BCUT2D eigenvalue weighted by Gasteiger charge is 2.18. The standard InChI is InChI=1S/C15H20FNO3S/c1-3-21(18,19)8-4-5-13(17)15-10(2)12-9-11(16)6-7-14(12)20-15/h6-7,9,13H,3-5,8,17H2,1-2H3. The molecule has 1 atom stereocenters. The summed E-state index contributed by atoms with van der Waals surface area (Å²) in [6, 6.07) is 3.96. The van der Waals surface area contributed by atoms with Gasteiger partial charge in [-0.15, -0.1) is 0 Å². The van der Waals surface area contributed by atoms with Crippen molar-refractivity contribution in [3.05, 3.63) is 35.3 Å². The topological polar surface area (TPSA) is 73.3 Å². The Morgan fingerprint density at radius 3 is 2.76 bits per heavy atom. The first kappa shape index (κ1) is 16.0. The fourth-order valence-electron chi connectivity index (χ4n) is 2.36. The Balaban J connectivity index is 2.13. The molecule has 6 heteroatoms. The zero-order valence-electron chi connectivity index (χ0n) is 12.2. The molecule has 1 aromatic heterocycles. The van der Waals surface area contributed by atoms with Crippen LogP contribution in [0.1, 0.15) is 37.1 Å².